The molecule has 3 rings (SSSR count). The summed E-state index contributed by atoms with van der Waals surface area (Å²) in [6, 6.07) is 12.8. The summed E-state index contributed by atoms with van der Waals surface area (Å²) in [5.74, 6) is 0.736. The van der Waals surface area contributed by atoms with Gasteiger partial charge in [-0.05, 0) is 37.3 Å². The summed E-state index contributed by atoms with van der Waals surface area (Å²) in [7, 11) is -3.68. The Hall–Kier alpha value is -2.69. The van der Waals surface area contributed by atoms with Crippen molar-refractivity contribution in [2.24, 2.45) is 0 Å². The number of hydrogen-bond acceptors (Lipinski definition) is 6. The zero-order valence-electron chi connectivity index (χ0n) is 14.4. The predicted molar refractivity (Wildman–Crippen MR) is 105 cm³/mol. The van der Waals surface area contributed by atoms with Gasteiger partial charge in [0.15, 0.2) is 5.13 Å². The fraction of sp³-hybridized carbons (Fsp3) is 0.176. The summed E-state index contributed by atoms with van der Waals surface area (Å²) < 4.78 is 32.8. The van der Waals surface area contributed by atoms with E-state index in [0.717, 1.165) is 16.0 Å². The van der Waals surface area contributed by atoms with Crippen LogP contribution in [0.2, 0.25) is 0 Å². The Balaban J connectivity index is 1.55. The molecule has 2 aromatic carbocycles. The zero-order chi connectivity index (χ0) is 19.3. The summed E-state index contributed by atoms with van der Waals surface area (Å²) in [6.45, 7) is 2.22. The molecule has 27 heavy (non-hydrogen) atoms. The van der Waals surface area contributed by atoms with Crippen molar-refractivity contribution in [2.45, 2.75) is 11.8 Å². The molecule has 1 heterocycles. The highest BCUT2D eigenvalue weighted by atomic mass is 32.2. The van der Waals surface area contributed by atoms with E-state index in [9.17, 15) is 13.2 Å². The molecule has 3 N–H and O–H groups in total. The van der Waals surface area contributed by atoms with E-state index in [1.807, 2.05) is 25.1 Å². The number of carbonyl (C=O) groups is 1. The molecule has 3 aromatic rings. The Morgan fingerprint density at radius 3 is 2.70 bits per heavy atom. The van der Waals surface area contributed by atoms with Gasteiger partial charge in [-0.25, -0.2) is 18.2 Å². The fourth-order valence-corrected chi connectivity index (χ4v) is 4.08. The molecule has 0 unspecified atom stereocenters. The summed E-state index contributed by atoms with van der Waals surface area (Å²) in [6.07, 6.45) is 0. The number of nitrogens with one attached hydrogen (secondary N) is 3. The average molecular weight is 406 g/mol. The molecule has 1 aromatic heterocycles. The first-order chi connectivity index (χ1) is 13.0. The van der Waals surface area contributed by atoms with Crippen LogP contribution < -0.4 is 20.1 Å². The molecule has 10 heteroatoms. The van der Waals surface area contributed by atoms with Gasteiger partial charge in [0.05, 0.1) is 28.4 Å². The van der Waals surface area contributed by atoms with Gasteiger partial charge in [0, 0.05) is 0 Å². The maximum atomic E-state index is 12.1. The molecule has 142 valence electrons. The number of sulfonamides is 1. The minimum Gasteiger partial charge on any atom is -0.494 e. The Morgan fingerprint density at radius 1 is 1.19 bits per heavy atom. The fourth-order valence-electron chi connectivity index (χ4n) is 2.25. The van der Waals surface area contributed by atoms with Crippen LogP contribution in [0.4, 0.5) is 9.93 Å². The first kappa shape index (κ1) is 19.1. The molecule has 0 aliphatic heterocycles. The molecule has 0 bridgehead atoms. The number of anilines is 1. The van der Waals surface area contributed by atoms with Crippen LogP contribution in [0.5, 0.6) is 5.75 Å². The molecule has 2 amide bonds. The number of rotatable bonds is 7. The first-order valence-corrected chi connectivity index (χ1v) is 10.4. The lowest BCUT2D eigenvalue weighted by atomic mass is 10.3. The summed E-state index contributed by atoms with van der Waals surface area (Å²) in [5.41, 5.74) is 0.739. The maximum Gasteiger partial charge on any atom is 0.322 e. The van der Waals surface area contributed by atoms with Crippen LogP contribution in [0.3, 0.4) is 0 Å². The minimum absolute atomic E-state index is 0.128. The monoisotopic (exact) mass is 406 g/mol. The van der Waals surface area contributed by atoms with Crippen molar-refractivity contribution in [3.63, 3.8) is 0 Å². The highest BCUT2D eigenvalue weighted by Crippen LogP contribution is 2.29. The quantitative estimate of drug-likeness (QED) is 0.523. The number of benzene rings is 2. The zero-order valence-corrected chi connectivity index (χ0v) is 16.1. The van der Waals surface area contributed by atoms with Crippen molar-refractivity contribution in [1.29, 1.82) is 0 Å². The van der Waals surface area contributed by atoms with Crippen LogP contribution in [0, 0.1) is 0 Å². The van der Waals surface area contributed by atoms with Crippen LogP contribution in [-0.2, 0) is 10.0 Å². The SMILES string of the molecule is CCOc1ccc2nc(NC(=O)NCNS(=O)(=O)c3ccccc3)sc2c1. The van der Waals surface area contributed by atoms with E-state index in [0.29, 0.717) is 11.7 Å². The number of urea groups is 1. The van der Waals surface area contributed by atoms with E-state index in [2.05, 4.69) is 20.3 Å². The standard InChI is InChI=1S/C17H18N4O4S2/c1-2-25-12-8-9-14-15(10-12)26-17(20-14)21-16(22)18-11-19-27(23,24)13-6-4-3-5-7-13/h3-10,19H,2,11H2,1H3,(H2,18,20,21,22). The van der Waals surface area contributed by atoms with Crippen molar-refractivity contribution in [2.75, 3.05) is 18.6 Å². The van der Waals surface area contributed by atoms with Crippen molar-refractivity contribution in [1.82, 2.24) is 15.0 Å². The number of ether oxygens (including phenoxy) is 1. The van der Waals surface area contributed by atoms with Crippen LogP contribution in [0.25, 0.3) is 10.2 Å². The minimum atomic E-state index is -3.68. The lowest BCUT2D eigenvalue weighted by molar-refractivity contribution is 0.252. The largest absolute Gasteiger partial charge is 0.494 e. The van der Waals surface area contributed by atoms with Crippen LogP contribution in [-0.4, -0.2) is 32.7 Å². The number of thiazole rings is 1. The third kappa shape index (κ3) is 4.94. The third-order valence-corrected chi connectivity index (χ3v) is 5.81. The summed E-state index contributed by atoms with van der Waals surface area (Å²) in [5, 5.41) is 5.43. The third-order valence-electron chi connectivity index (χ3n) is 3.46. The molecular formula is C17H18N4O4S2. The summed E-state index contributed by atoms with van der Waals surface area (Å²) in [4.78, 5) is 16.4. The average Bonchev–Trinajstić information content (AvgIpc) is 3.04. The smallest absolute Gasteiger partial charge is 0.322 e. The molecular weight excluding hydrogens is 388 g/mol. The van der Waals surface area contributed by atoms with E-state index in [1.165, 1.54) is 23.5 Å². The molecule has 0 fully saturated rings. The first-order valence-electron chi connectivity index (χ1n) is 8.11. The van der Waals surface area contributed by atoms with Gasteiger partial charge in [0.25, 0.3) is 0 Å². The van der Waals surface area contributed by atoms with E-state index < -0.39 is 16.1 Å². The van der Waals surface area contributed by atoms with E-state index in [1.54, 1.807) is 18.2 Å². The van der Waals surface area contributed by atoms with Gasteiger partial charge in [0.1, 0.15) is 5.75 Å². The second kappa shape index (κ2) is 8.33. The van der Waals surface area contributed by atoms with E-state index >= 15 is 0 Å². The Kier molecular flexibility index (Phi) is 5.89. The van der Waals surface area contributed by atoms with Gasteiger partial charge in [-0.1, -0.05) is 29.5 Å². The number of aromatic nitrogens is 1. The maximum absolute atomic E-state index is 12.1. The van der Waals surface area contributed by atoms with Crippen molar-refractivity contribution >= 4 is 42.7 Å². The van der Waals surface area contributed by atoms with Crippen LogP contribution in [0.15, 0.2) is 53.4 Å². The second-order valence-corrected chi connectivity index (χ2v) is 8.15. The number of nitrogens with zero attached hydrogens (tertiary/aromatic N) is 1. The number of hydrogen-bond donors (Lipinski definition) is 3. The van der Waals surface area contributed by atoms with Crippen molar-refractivity contribution in [3.8, 4) is 5.75 Å². The predicted octanol–water partition coefficient (Wildman–Crippen LogP) is 2.75. The Bertz CT molecular complexity index is 1040. The lowest BCUT2D eigenvalue weighted by Gasteiger charge is -2.08. The normalized spacial score (nSPS) is 11.3. The van der Waals surface area contributed by atoms with E-state index in [4.69, 9.17) is 4.74 Å². The molecule has 0 atom stereocenters. The Labute approximate surface area is 160 Å². The van der Waals surface area contributed by atoms with Gasteiger partial charge < -0.3 is 10.1 Å². The Morgan fingerprint density at radius 2 is 1.96 bits per heavy atom. The van der Waals surface area contributed by atoms with Gasteiger partial charge in [-0.2, -0.15) is 4.72 Å². The number of fused-ring (bicyclic) bond motifs is 1. The van der Waals surface area contributed by atoms with Gasteiger partial charge in [-0.3, -0.25) is 5.32 Å². The number of carbonyl (C=O) groups excluding carboxylic acids is 1. The molecule has 0 spiro atoms. The van der Waals surface area contributed by atoms with E-state index in [-0.39, 0.29) is 11.6 Å². The second-order valence-electron chi connectivity index (χ2n) is 5.35. The molecule has 0 aliphatic rings. The lowest BCUT2D eigenvalue weighted by Crippen LogP contribution is -2.39. The highest BCUT2D eigenvalue weighted by molar-refractivity contribution is 7.89. The highest BCUT2D eigenvalue weighted by Gasteiger charge is 2.13. The number of amides is 2. The van der Waals surface area contributed by atoms with Gasteiger partial charge in [-0.15, -0.1) is 0 Å². The molecule has 0 aliphatic carbocycles. The molecule has 0 saturated carbocycles. The van der Waals surface area contributed by atoms with Gasteiger partial charge >= 0.3 is 6.03 Å². The topological polar surface area (TPSA) is 109 Å². The summed E-state index contributed by atoms with van der Waals surface area (Å²) >= 11 is 1.30. The van der Waals surface area contributed by atoms with Crippen molar-refractivity contribution in [3.05, 3.63) is 48.5 Å². The molecule has 0 radical (unpaired) electrons. The van der Waals surface area contributed by atoms with Crippen LogP contribution >= 0.6 is 11.3 Å². The van der Waals surface area contributed by atoms with Gasteiger partial charge in [0.2, 0.25) is 10.0 Å². The van der Waals surface area contributed by atoms with Crippen LogP contribution in [0.1, 0.15) is 6.92 Å². The van der Waals surface area contributed by atoms with Crippen molar-refractivity contribution < 1.29 is 17.9 Å². The molecule has 8 nitrogen and oxygen atoms in total. The molecule has 0 saturated heterocycles.